The molecule has 1 aromatic carbocycles. The zero-order valence-electron chi connectivity index (χ0n) is 13.4. The summed E-state index contributed by atoms with van der Waals surface area (Å²) in [5, 5.41) is 2.74. The van der Waals surface area contributed by atoms with Crippen LogP contribution in [0, 0.1) is 12.8 Å². The zero-order chi connectivity index (χ0) is 16.9. The molecule has 2 rings (SSSR count). The van der Waals surface area contributed by atoms with Crippen LogP contribution < -0.4 is 15.8 Å². The quantitative estimate of drug-likeness (QED) is 0.643. The van der Waals surface area contributed by atoms with Crippen LogP contribution in [0.15, 0.2) is 29.2 Å². The average Bonchev–Trinajstić information content (AvgIpc) is 2.89. The van der Waals surface area contributed by atoms with Crippen LogP contribution in [0.1, 0.15) is 31.2 Å². The Labute approximate surface area is 137 Å². The minimum absolute atomic E-state index is 0.0677. The lowest BCUT2D eigenvalue weighted by Crippen LogP contribution is -2.36. The van der Waals surface area contributed by atoms with Crippen molar-refractivity contribution in [2.45, 2.75) is 43.5 Å². The minimum atomic E-state index is -3.53. The standard InChI is InChI=1S/C16H25N3O3S/c1-12-5-7-14(8-6-12)23(21,22)19-10-9-18-16(20)11-13-3-2-4-15(13)17/h5-8,13,15,19H,2-4,9-11,17H2,1H3,(H,18,20)/t13-,15+/m0/s1. The summed E-state index contributed by atoms with van der Waals surface area (Å²) in [6.45, 7) is 2.33. The summed E-state index contributed by atoms with van der Waals surface area (Å²) >= 11 is 0. The molecule has 0 saturated heterocycles. The van der Waals surface area contributed by atoms with E-state index in [2.05, 4.69) is 10.0 Å². The highest BCUT2D eigenvalue weighted by molar-refractivity contribution is 7.89. The highest BCUT2D eigenvalue weighted by atomic mass is 32.2. The van der Waals surface area contributed by atoms with E-state index in [9.17, 15) is 13.2 Å². The molecule has 0 spiro atoms. The molecule has 1 fully saturated rings. The van der Waals surface area contributed by atoms with E-state index >= 15 is 0 Å². The molecule has 0 aromatic heterocycles. The largest absolute Gasteiger partial charge is 0.355 e. The molecular weight excluding hydrogens is 314 g/mol. The van der Waals surface area contributed by atoms with E-state index in [1.54, 1.807) is 24.3 Å². The number of aryl methyl sites for hydroxylation is 1. The first-order chi connectivity index (χ1) is 10.9. The molecule has 7 heteroatoms. The van der Waals surface area contributed by atoms with Crippen LogP contribution >= 0.6 is 0 Å². The molecular formula is C16H25N3O3S. The first kappa shape index (κ1) is 17.9. The minimum Gasteiger partial charge on any atom is -0.355 e. The zero-order valence-corrected chi connectivity index (χ0v) is 14.2. The van der Waals surface area contributed by atoms with Gasteiger partial charge in [-0.05, 0) is 37.8 Å². The van der Waals surface area contributed by atoms with Gasteiger partial charge in [-0.2, -0.15) is 0 Å². The normalized spacial score (nSPS) is 21.3. The summed E-state index contributed by atoms with van der Waals surface area (Å²) in [6.07, 6.45) is 3.48. The smallest absolute Gasteiger partial charge is 0.240 e. The Morgan fingerprint density at radius 1 is 1.22 bits per heavy atom. The van der Waals surface area contributed by atoms with Gasteiger partial charge in [0.15, 0.2) is 0 Å². The molecule has 0 aliphatic heterocycles. The SMILES string of the molecule is Cc1ccc(S(=O)(=O)NCCNC(=O)C[C@@H]2CCC[C@H]2N)cc1. The van der Waals surface area contributed by atoms with Gasteiger partial charge in [0.05, 0.1) is 4.90 Å². The lowest BCUT2D eigenvalue weighted by atomic mass is 10.00. The highest BCUT2D eigenvalue weighted by Crippen LogP contribution is 2.26. The molecule has 2 atom stereocenters. The number of sulfonamides is 1. The van der Waals surface area contributed by atoms with Crippen LogP contribution in [-0.4, -0.2) is 33.5 Å². The highest BCUT2D eigenvalue weighted by Gasteiger charge is 2.25. The van der Waals surface area contributed by atoms with Gasteiger partial charge in [-0.25, -0.2) is 13.1 Å². The van der Waals surface area contributed by atoms with Crippen LogP contribution in [0.2, 0.25) is 0 Å². The fourth-order valence-corrected chi connectivity index (χ4v) is 3.85. The van der Waals surface area contributed by atoms with Crippen molar-refractivity contribution in [1.29, 1.82) is 0 Å². The van der Waals surface area contributed by atoms with Crippen molar-refractivity contribution in [3.05, 3.63) is 29.8 Å². The van der Waals surface area contributed by atoms with E-state index in [0.29, 0.717) is 6.42 Å². The maximum absolute atomic E-state index is 12.1. The van der Waals surface area contributed by atoms with Gasteiger partial charge in [0.25, 0.3) is 0 Å². The number of nitrogens with one attached hydrogen (secondary N) is 2. The molecule has 1 aliphatic carbocycles. The number of nitrogens with two attached hydrogens (primary N) is 1. The van der Waals surface area contributed by atoms with Gasteiger partial charge < -0.3 is 11.1 Å². The molecule has 6 nitrogen and oxygen atoms in total. The van der Waals surface area contributed by atoms with Crippen LogP contribution in [-0.2, 0) is 14.8 Å². The van der Waals surface area contributed by atoms with Gasteiger partial charge in [-0.3, -0.25) is 4.79 Å². The van der Waals surface area contributed by atoms with E-state index in [1.165, 1.54) is 0 Å². The first-order valence-electron chi connectivity index (χ1n) is 7.97. The topological polar surface area (TPSA) is 101 Å². The Hall–Kier alpha value is -1.44. The third kappa shape index (κ3) is 5.30. The lowest BCUT2D eigenvalue weighted by molar-refractivity contribution is -0.122. The summed E-state index contributed by atoms with van der Waals surface area (Å²) in [5.74, 6) is 0.182. The van der Waals surface area contributed by atoms with Crippen molar-refractivity contribution in [3.8, 4) is 0 Å². The lowest BCUT2D eigenvalue weighted by Gasteiger charge is -2.14. The molecule has 0 bridgehead atoms. The van der Waals surface area contributed by atoms with Crippen LogP contribution in [0.5, 0.6) is 0 Å². The van der Waals surface area contributed by atoms with E-state index in [-0.39, 0.29) is 35.9 Å². The Morgan fingerprint density at radius 2 is 1.91 bits per heavy atom. The number of carbonyl (C=O) groups excluding carboxylic acids is 1. The Balaban J connectivity index is 1.72. The Kier molecular flexibility index (Phi) is 6.15. The molecule has 0 unspecified atom stereocenters. The van der Waals surface area contributed by atoms with Crippen molar-refractivity contribution in [1.82, 2.24) is 10.0 Å². The molecule has 1 aliphatic rings. The summed E-state index contributed by atoms with van der Waals surface area (Å²) < 4.78 is 26.6. The van der Waals surface area contributed by atoms with Crippen molar-refractivity contribution < 1.29 is 13.2 Å². The van der Waals surface area contributed by atoms with Crippen molar-refractivity contribution in [2.24, 2.45) is 11.7 Å². The predicted octanol–water partition coefficient (Wildman–Crippen LogP) is 0.907. The van der Waals surface area contributed by atoms with Crippen molar-refractivity contribution in [3.63, 3.8) is 0 Å². The van der Waals surface area contributed by atoms with Gasteiger partial charge in [0, 0.05) is 25.6 Å². The number of amides is 1. The molecule has 23 heavy (non-hydrogen) atoms. The summed E-state index contributed by atoms with van der Waals surface area (Å²) in [4.78, 5) is 12.1. The van der Waals surface area contributed by atoms with E-state index < -0.39 is 10.0 Å². The second-order valence-corrected chi connectivity index (χ2v) is 7.89. The first-order valence-corrected chi connectivity index (χ1v) is 9.45. The van der Waals surface area contributed by atoms with E-state index in [1.807, 2.05) is 6.92 Å². The molecule has 0 heterocycles. The Bertz CT molecular complexity index is 628. The van der Waals surface area contributed by atoms with Crippen LogP contribution in [0.4, 0.5) is 0 Å². The van der Waals surface area contributed by atoms with Crippen molar-refractivity contribution in [2.75, 3.05) is 13.1 Å². The second kappa shape index (κ2) is 7.90. The van der Waals surface area contributed by atoms with E-state index in [0.717, 1.165) is 24.8 Å². The molecule has 1 aromatic rings. The number of carbonyl (C=O) groups is 1. The molecule has 0 radical (unpaired) electrons. The molecule has 1 amide bonds. The van der Waals surface area contributed by atoms with Gasteiger partial charge in [0.2, 0.25) is 15.9 Å². The molecule has 4 N–H and O–H groups in total. The summed E-state index contributed by atoms with van der Waals surface area (Å²) in [6, 6.07) is 6.75. The number of hydrogen-bond acceptors (Lipinski definition) is 4. The van der Waals surface area contributed by atoms with Gasteiger partial charge in [0.1, 0.15) is 0 Å². The predicted molar refractivity (Wildman–Crippen MR) is 89.3 cm³/mol. The fourth-order valence-electron chi connectivity index (χ4n) is 2.82. The number of benzene rings is 1. The average molecular weight is 339 g/mol. The third-order valence-corrected chi connectivity index (χ3v) is 5.71. The Morgan fingerprint density at radius 3 is 2.52 bits per heavy atom. The maximum atomic E-state index is 12.1. The molecule has 1 saturated carbocycles. The fraction of sp³-hybridized carbons (Fsp3) is 0.562. The van der Waals surface area contributed by atoms with Crippen LogP contribution in [0.3, 0.4) is 0 Å². The van der Waals surface area contributed by atoms with E-state index in [4.69, 9.17) is 5.73 Å². The second-order valence-electron chi connectivity index (χ2n) is 6.12. The third-order valence-electron chi connectivity index (χ3n) is 4.24. The van der Waals surface area contributed by atoms with Gasteiger partial charge >= 0.3 is 0 Å². The molecule has 128 valence electrons. The van der Waals surface area contributed by atoms with Crippen LogP contribution in [0.25, 0.3) is 0 Å². The van der Waals surface area contributed by atoms with Gasteiger partial charge in [-0.15, -0.1) is 0 Å². The summed E-state index contributed by atoms with van der Waals surface area (Å²) in [7, 11) is -3.53. The number of hydrogen-bond donors (Lipinski definition) is 3. The maximum Gasteiger partial charge on any atom is 0.240 e. The monoisotopic (exact) mass is 339 g/mol. The summed E-state index contributed by atoms with van der Waals surface area (Å²) in [5.41, 5.74) is 6.94. The van der Waals surface area contributed by atoms with Gasteiger partial charge in [-0.1, -0.05) is 24.1 Å². The van der Waals surface area contributed by atoms with Crippen molar-refractivity contribution >= 4 is 15.9 Å². The number of rotatable bonds is 7.